The maximum atomic E-state index is 13.1. The highest BCUT2D eigenvalue weighted by Gasteiger charge is 2.45. The molecule has 1 aromatic heterocycles. The number of esters is 1. The number of carbonyl (C=O) groups excluding carboxylic acids is 3. The summed E-state index contributed by atoms with van der Waals surface area (Å²) in [7, 11) is 1.30. The van der Waals surface area contributed by atoms with Gasteiger partial charge in [-0.25, -0.2) is 4.79 Å². The summed E-state index contributed by atoms with van der Waals surface area (Å²) in [4.78, 5) is 45.7. The van der Waals surface area contributed by atoms with Gasteiger partial charge >= 0.3 is 5.97 Å². The molecule has 0 saturated carbocycles. The topological polar surface area (TPSA) is 109 Å². The molecule has 3 heterocycles. The van der Waals surface area contributed by atoms with Crippen LogP contribution < -0.4 is 0 Å². The lowest BCUT2D eigenvalue weighted by Crippen LogP contribution is -2.39. The monoisotopic (exact) mass is 465 g/mol. The van der Waals surface area contributed by atoms with Gasteiger partial charge < -0.3 is 19.5 Å². The lowest BCUT2D eigenvalue weighted by atomic mass is 9.95. The summed E-state index contributed by atoms with van der Waals surface area (Å²) in [6.45, 7) is 4.15. The highest BCUT2D eigenvalue weighted by molar-refractivity contribution is 6.46. The predicted molar refractivity (Wildman–Crippen MR) is 123 cm³/mol. The van der Waals surface area contributed by atoms with Gasteiger partial charge in [0.15, 0.2) is 0 Å². The molecule has 2 aromatic rings. The Balaban J connectivity index is 1.67. The lowest BCUT2D eigenvalue weighted by molar-refractivity contribution is -0.140. The molecule has 9 heteroatoms. The van der Waals surface area contributed by atoms with Gasteiger partial charge in [0.1, 0.15) is 5.76 Å². The molecule has 4 rings (SSSR count). The molecule has 1 N–H and O–H groups in total. The summed E-state index contributed by atoms with van der Waals surface area (Å²) >= 11 is 0. The molecular weight excluding hydrogens is 438 g/mol. The summed E-state index contributed by atoms with van der Waals surface area (Å²) in [5.74, 6) is -2.12. The van der Waals surface area contributed by atoms with E-state index < -0.39 is 23.7 Å². The van der Waals surface area contributed by atoms with Gasteiger partial charge in [-0.15, -0.1) is 0 Å². The molecule has 34 heavy (non-hydrogen) atoms. The van der Waals surface area contributed by atoms with E-state index in [0.29, 0.717) is 42.9 Å². The molecule has 2 aliphatic heterocycles. The van der Waals surface area contributed by atoms with Gasteiger partial charge in [0.2, 0.25) is 0 Å². The van der Waals surface area contributed by atoms with Crippen molar-refractivity contribution in [2.45, 2.75) is 12.5 Å². The second-order valence-electron chi connectivity index (χ2n) is 8.15. The minimum Gasteiger partial charge on any atom is -0.507 e. The van der Waals surface area contributed by atoms with E-state index in [9.17, 15) is 19.5 Å². The smallest absolute Gasteiger partial charge is 0.337 e. The van der Waals surface area contributed by atoms with Gasteiger partial charge in [-0.2, -0.15) is 0 Å². The van der Waals surface area contributed by atoms with Crippen molar-refractivity contribution in [2.75, 3.05) is 46.5 Å². The zero-order valence-corrected chi connectivity index (χ0v) is 19.0. The summed E-state index contributed by atoms with van der Waals surface area (Å²) in [5, 5.41) is 11.0. The number of hydrogen-bond donors (Lipinski definition) is 1. The first-order valence-electron chi connectivity index (χ1n) is 11.2. The third-order valence-corrected chi connectivity index (χ3v) is 6.12. The number of morpholine rings is 1. The van der Waals surface area contributed by atoms with E-state index in [-0.39, 0.29) is 11.3 Å². The van der Waals surface area contributed by atoms with Crippen molar-refractivity contribution in [3.8, 4) is 0 Å². The van der Waals surface area contributed by atoms with Crippen molar-refractivity contribution >= 4 is 23.4 Å². The number of pyridine rings is 1. The van der Waals surface area contributed by atoms with E-state index in [0.717, 1.165) is 19.6 Å². The third kappa shape index (κ3) is 4.85. The Morgan fingerprint density at radius 2 is 1.74 bits per heavy atom. The number of aromatic nitrogens is 1. The maximum absolute atomic E-state index is 13.1. The quantitative estimate of drug-likeness (QED) is 0.286. The standard InChI is InChI=1S/C25H27N3O6/c1-33-25(32)19-5-3-17(4-6-19)21-20(22(29)18-7-9-26-10-8-18)23(30)24(31)28(21)12-2-11-27-13-15-34-16-14-27/h3-10,21,29H,2,11-16H2,1H3/b22-20+. The van der Waals surface area contributed by atoms with Gasteiger partial charge in [0.25, 0.3) is 11.7 Å². The van der Waals surface area contributed by atoms with Gasteiger partial charge in [-0.3, -0.25) is 19.5 Å². The van der Waals surface area contributed by atoms with Gasteiger partial charge in [0.05, 0.1) is 37.5 Å². The molecule has 0 bridgehead atoms. The summed E-state index contributed by atoms with van der Waals surface area (Å²) in [5.41, 5.74) is 1.39. The van der Waals surface area contributed by atoms with E-state index in [1.165, 1.54) is 24.4 Å². The van der Waals surface area contributed by atoms with E-state index in [2.05, 4.69) is 9.88 Å². The average Bonchev–Trinajstić information content (AvgIpc) is 3.14. The van der Waals surface area contributed by atoms with Crippen LogP contribution in [0.4, 0.5) is 0 Å². The molecule has 2 fully saturated rings. The molecule has 1 atom stereocenters. The fourth-order valence-corrected chi connectivity index (χ4v) is 4.33. The number of ether oxygens (including phenoxy) is 2. The Hall–Kier alpha value is -3.56. The zero-order valence-electron chi connectivity index (χ0n) is 19.0. The first-order valence-corrected chi connectivity index (χ1v) is 11.2. The Morgan fingerprint density at radius 3 is 2.38 bits per heavy atom. The molecule has 2 aliphatic rings. The van der Waals surface area contributed by atoms with Crippen molar-refractivity contribution in [3.05, 3.63) is 71.1 Å². The second kappa shape index (κ2) is 10.6. The molecule has 0 spiro atoms. The van der Waals surface area contributed by atoms with E-state index >= 15 is 0 Å². The van der Waals surface area contributed by atoms with Crippen LogP contribution in [0, 0.1) is 0 Å². The van der Waals surface area contributed by atoms with Crippen LogP contribution in [0.25, 0.3) is 5.76 Å². The van der Waals surface area contributed by atoms with Crippen LogP contribution in [0.1, 0.15) is 33.9 Å². The number of Topliss-reactive ketones (excluding diaryl/α,β-unsaturated/α-hetero) is 1. The Morgan fingerprint density at radius 1 is 1.06 bits per heavy atom. The number of nitrogens with zero attached hydrogens (tertiary/aromatic N) is 3. The number of aliphatic hydroxyl groups is 1. The van der Waals surface area contributed by atoms with Crippen molar-refractivity contribution < 1.29 is 29.0 Å². The highest BCUT2D eigenvalue weighted by atomic mass is 16.5. The summed E-state index contributed by atoms with van der Waals surface area (Å²) < 4.78 is 10.1. The van der Waals surface area contributed by atoms with Gasteiger partial charge in [0, 0.05) is 44.1 Å². The molecule has 0 aliphatic carbocycles. The van der Waals surface area contributed by atoms with E-state index in [1.54, 1.807) is 36.4 Å². The lowest BCUT2D eigenvalue weighted by Gasteiger charge is -2.29. The minimum atomic E-state index is -0.774. The Labute approximate surface area is 197 Å². The normalized spacial score (nSPS) is 20.5. The summed E-state index contributed by atoms with van der Waals surface area (Å²) in [6, 6.07) is 8.92. The molecule has 1 amide bonds. The van der Waals surface area contributed by atoms with Crippen LogP contribution in [-0.4, -0.2) is 84.1 Å². The number of ketones is 1. The van der Waals surface area contributed by atoms with Crippen LogP contribution in [0.3, 0.4) is 0 Å². The molecule has 178 valence electrons. The zero-order chi connectivity index (χ0) is 24.1. The minimum absolute atomic E-state index is 0.0217. The Bertz CT molecular complexity index is 1080. The van der Waals surface area contributed by atoms with E-state index in [4.69, 9.17) is 9.47 Å². The number of aliphatic hydroxyl groups excluding tert-OH is 1. The predicted octanol–water partition coefficient (Wildman–Crippen LogP) is 2.01. The molecule has 1 aromatic carbocycles. The molecule has 9 nitrogen and oxygen atoms in total. The maximum Gasteiger partial charge on any atom is 0.337 e. The van der Waals surface area contributed by atoms with Gasteiger partial charge in [-0.1, -0.05) is 12.1 Å². The Kier molecular flexibility index (Phi) is 7.34. The van der Waals surface area contributed by atoms with E-state index in [1.807, 2.05) is 0 Å². The number of likely N-dealkylation sites (tertiary alicyclic amines) is 1. The number of benzene rings is 1. The largest absolute Gasteiger partial charge is 0.507 e. The van der Waals surface area contributed by atoms with Crippen molar-refractivity contribution in [2.24, 2.45) is 0 Å². The first-order chi connectivity index (χ1) is 16.5. The molecule has 1 unspecified atom stereocenters. The van der Waals surface area contributed by atoms with Crippen LogP contribution in [0.15, 0.2) is 54.4 Å². The third-order valence-electron chi connectivity index (χ3n) is 6.12. The number of hydrogen-bond acceptors (Lipinski definition) is 8. The van der Waals surface area contributed by atoms with Crippen LogP contribution in [0.5, 0.6) is 0 Å². The number of carbonyl (C=O) groups is 3. The second-order valence-corrected chi connectivity index (χ2v) is 8.15. The van der Waals surface area contributed by atoms with Crippen molar-refractivity contribution in [1.82, 2.24) is 14.8 Å². The average molecular weight is 466 g/mol. The fraction of sp³-hybridized carbons (Fsp3) is 0.360. The van der Waals surface area contributed by atoms with Crippen molar-refractivity contribution in [1.29, 1.82) is 0 Å². The van der Waals surface area contributed by atoms with Crippen LogP contribution in [0.2, 0.25) is 0 Å². The fourth-order valence-electron chi connectivity index (χ4n) is 4.33. The first kappa shape index (κ1) is 23.6. The SMILES string of the molecule is COC(=O)c1ccc(C2/C(=C(\O)c3ccncc3)C(=O)C(=O)N2CCCN2CCOCC2)cc1. The van der Waals surface area contributed by atoms with Crippen molar-refractivity contribution in [3.63, 3.8) is 0 Å². The molecule has 0 radical (unpaired) electrons. The number of methoxy groups -OCH3 is 1. The summed E-state index contributed by atoms with van der Waals surface area (Å²) in [6.07, 6.45) is 3.68. The molecular formula is C25H27N3O6. The molecule has 2 saturated heterocycles. The van der Waals surface area contributed by atoms with Gasteiger partial charge in [-0.05, 0) is 36.2 Å². The van der Waals surface area contributed by atoms with Crippen LogP contribution >= 0.6 is 0 Å². The number of rotatable bonds is 7. The van der Waals surface area contributed by atoms with Crippen LogP contribution in [-0.2, 0) is 19.1 Å². The highest BCUT2D eigenvalue weighted by Crippen LogP contribution is 2.39. The number of amides is 1.